The van der Waals surface area contributed by atoms with Crippen molar-refractivity contribution in [3.8, 4) is 11.5 Å². The highest BCUT2D eigenvalue weighted by Gasteiger charge is 2.12. The molecule has 0 aliphatic rings. The number of hydrogen-bond donors (Lipinski definition) is 3. The van der Waals surface area contributed by atoms with Crippen LogP contribution in [0.5, 0.6) is 11.5 Å². The van der Waals surface area contributed by atoms with Gasteiger partial charge in [0.2, 0.25) is 0 Å². The highest BCUT2D eigenvalue weighted by molar-refractivity contribution is 6.39. The Morgan fingerprint density at radius 1 is 0.853 bits per heavy atom. The van der Waals surface area contributed by atoms with E-state index in [1.807, 2.05) is 13.0 Å². The Morgan fingerprint density at radius 3 is 2.32 bits per heavy atom. The first-order valence-electron chi connectivity index (χ1n) is 10.3. The van der Waals surface area contributed by atoms with E-state index < -0.39 is 11.8 Å². The van der Waals surface area contributed by atoms with Gasteiger partial charge in [-0.15, -0.1) is 0 Å². The molecule has 0 aliphatic heterocycles. The summed E-state index contributed by atoms with van der Waals surface area (Å²) in [6.45, 7) is 1.68. The lowest BCUT2D eigenvalue weighted by Gasteiger charge is -2.09. The van der Waals surface area contributed by atoms with E-state index in [9.17, 15) is 14.4 Å². The van der Waals surface area contributed by atoms with Crippen LogP contribution in [0.1, 0.15) is 11.1 Å². The summed E-state index contributed by atoms with van der Waals surface area (Å²) in [5.74, 6) is -1.00. The van der Waals surface area contributed by atoms with Crippen molar-refractivity contribution in [2.24, 2.45) is 5.10 Å². The fraction of sp³-hybridized carbons (Fsp3) is 0.120. The van der Waals surface area contributed by atoms with Crippen LogP contribution in [0.3, 0.4) is 0 Å². The maximum absolute atomic E-state index is 12.1. The SMILES string of the molecule is COc1cccc(NC(=O)COc2cccc(/C=N\NC(=O)C(=O)Nc3cccc(C)c3)c2)c1. The van der Waals surface area contributed by atoms with Gasteiger partial charge in [-0.2, -0.15) is 5.10 Å². The molecule has 3 aromatic carbocycles. The highest BCUT2D eigenvalue weighted by atomic mass is 16.5. The van der Waals surface area contributed by atoms with Gasteiger partial charge >= 0.3 is 11.8 Å². The van der Waals surface area contributed by atoms with Gasteiger partial charge in [-0.05, 0) is 54.4 Å². The summed E-state index contributed by atoms with van der Waals surface area (Å²) in [4.78, 5) is 36.1. The second-order valence-corrected chi connectivity index (χ2v) is 7.16. The van der Waals surface area contributed by atoms with E-state index >= 15 is 0 Å². The standard InChI is InChI=1S/C25H24N4O5/c1-17-6-3-8-19(12-17)28-24(31)25(32)29-26-15-18-7-4-11-22(13-18)34-16-23(30)27-20-9-5-10-21(14-20)33-2/h3-15H,16H2,1-2H3,(H,27,30)(H,28,31)(H,29,32)/b26-15-. The molecule has 0 heterocycles. The number of carbonyl (C=O) groups is 3. The number of benzene rings is 3. The lowest BCUT2D eigenvalue weighted by molar-refractivity contribution is -0.136. The van der Waals surface area contributed by atoms with Gasteiger partial charge in [0, 0.05) is 17.4 Å². The van der Waals surface area contributed by atoms with E-state index in [0.29, 0.717) is 28.4 Å². The molecule has 0 radical (unpaired) electrons. The third-order valence-corrected chi connectivity index (χ3v) is 4.44. The first-order valence-corrected chi connectivity index (χ1v) is 10.3. The third kappa shape index (κ3) is 7.49. The predicted octanol–water partition coefficient (Wildman–Crippen LogP) is 3.11. The maximum atomic E-state index is 12.1. The van der Waals surface area contributed by atoms with Gasteiger partial charge in [0.25, 0.3) is 5.91 Å². The molecule has 0 aromatic heterocycles. The third-order valence-electron chi connectivity index (χ3n) is 4.44. The molecule has 0 spiro atoms. The van der Waals surface area contributed by atoms with Crippen LogP contribution in [-0.2, 0) is 14.4 Å². The van der Waals surface area contributed by atoms with Crippen molar-refractivity contribution in [2.75, 3.05) is 24.4 Å². The average molecular weight is 460 g/mol. The molecule has 0 atom stereocenters. The molecule has 0 saturated carbocycles. The Balaban J connectivity index is 1.48. The Kier molecular flexibility index (Phi) is 8.34. The van der Waals surface area contributed by atoms with Crippen molar-refractivity contribution in [3.63, 3.8) is 0 Å². The van der Waals surface area contributed by atoms with Crippen LogP contribution in [0.25, 0.3) is 0 Å². The number of anilines is 2. The molecule has 0 aliphatic carbocycles. The molecular formula is C25H24N4O5. The maximum Gasteiger partial charge on any atom is 0.329 e. The van der Waals surface area contributed by atoms with E-state index in [2.05, 4.69) is 21.2 Å². The quantitative estimate of drug-likeness (QED) is 0.271. The number of carbonyl (C=O) groups excluding carboxylic acids is 3. The van der Waals surface area contributed by atoms with Crippen LogP contribution in [0, 0.1) is 6.92 Å². The van der Waals surface area contributed by atoms with E-state index in [0.717, 1.165) is 5.56 Å². The van der Waals surface area contributed by atoms with Crippen LogP contribution in [-0.4, -0.2) is 37.7 Å². The van der Waals surface area contributed by atoms with Crippen molar-refractivity contribution in [3.05, 3.63) is 83.9 Å². The number of hydrogen-bond acceptors (Lipinski definition) is 6. The first-order chi connectivity index (χ1) is 16.4. The van der Waals surface area contributed by atoms with Gasteiger partial charge in [0.15, 0.2) is 6.61 Å². The number of nitrogens with one attached hydrogen (secondary N) is 3. The van der Waals surface area contributed by atoms with E-state index in [1.165, 1.54) is 6.21 Å². The largest absolute Gasteiger partial charge is 0.497 e. The van der Waals surface area contributed by atoms with E-state index in [4.69, 9.17) is 9.47 Å². The average Bonchev–Trinajstić information content (AvgIpc) is 2.83. The highest BCUT2D eigenvalue weighted by Crippen LogP contribution is 2.17. The molecule has 3 aromatic rings. The van der Waals surface area contributed by atoms with Gasteiger partial charge in [-0.3, -0.25) is 14.4 Å². The normalized spacial score (nSPS) is 10.4. The summed E-state index contributed by atoms with van der Waals surface area (Å²) in [7, 11) is 1.55. The van der Waals surface area contributed by atoms with Crippen LogP contribution < -0.4 is 25.5 Å². The van der Waals surface area contributed by atoms with Gasteiger partial charge < -0.3 is 20.1 Å². The van der Waals surface area contributed by atoms with Crippen molar-refractivity contribution in [1.82, 2.24) is 5.43 Å². The number of hydrazone groups is 1. The van der Waals surface area contributed by atoms with Gasteiger partial charge in [0.05, 0.1) is 13.3 Å². The predicted molar refractivity (Wildman–Crippen MR) is 129 cm³/mol. The van der Waals surface area contributed by atoms with Crippen LogP contribution in [0.4, 0.5) is 11.4 Å². The molecule has 3 rings (SSSR count). The molecule has 3 N–H and O–H groups in total. The van der Waals surface area contributed by atoms with Gasteiger partial charge in [-0.1, -0.05) is 30.3 Å². The molecule has 9 heteroatoms. The second-order valence-electron chi connectivity index (χ2n) is 7.16. The van der Waals surface area contributed by atoms with Gasteiger partial charge in [0.1, 0.15) is 11.5 Å². The number of amides is 3. The number of nitrogens with zero attached hydrogens (tertiary/aromatic N) is 1. The summed E-state index contributed by atoms with van der Waals surface area (Å²) >= 11 is 0. The summed E-state index contributed by atoms with van der Waals surface area (Å²) in [5, 5.41) is 9.02. The Labute approximate surface area is 196 Å². The van der Waals surface area contributed by atoms with Crippen molar-refractivity contribution < 1.29 is 23.9 Å². The molecule has 9 nitrogen and oxygen atoms in total. The van der Waals surface area contributed by atoms with Crippen LogP contribution in [0.15, 0.2) is 77.9 Å². The Hall–Kier alpha value is -4.66. The first kappa shape index (κ1) is 24.0. The summed E-state index contributed by atoms with van der Waals surface area (Å²) in [6.07, 6.45) is 1.36. The molecule has 0 fully saturated rings. The fourth-order valence-electron chi connectivity index (χ4n) is 2.86. The molecule has 0 unspecified atom stereocenters. The monoisotopic (exact) mass is 460 g/mol. The number of rotatable bonds is 8. The zero-order valence-corrected chi connectivity index (χ0v) is 18.7. The molecule has 0 bridgehead atoms. The van der Waals surface area contributed by atoms with Crippen LogP contribution in [0.2, 0.25) is 0 Å². The van der Waals surface area contributed by atoms with Crippen molar-refractivity contribution in [2.45, 2.75) is 6.92 Å². The second kappa shape index (κ2) is 11.8. The lowest BCUT2D eigenvalue weighted by atomic mass is 10.2. The molecule has 174 valence electrons. The Morgan fingerprint density at radius 2 is 1.56 bits per heavy atom. The minimum absolute atomic E-state index is 0.201. The van der Waals surface area contributed by atoms with E-state index in [1.54, 1.807) is 73.8 Å². The summed E-state index contributed by atoms with van der Waals surface area (Å²) in [5.41, 5.74) is 4.84. The zero-order valence-electron chi connectivity index (χ0n) is 18.7. The van der Waals surface area contributed by atoms with Crippen molar-refractivity contribution in [1.29, 1.82) is 0 Å². The minimum Gasteiger partial charge on any atom is -0.497 e. The van der Waals surface area contributed by atoms with Gasteiger partial charge in [-0.25, -0.2) is 5.43 Å². The summed E-state index contributed by atoms with van der Waals surface area (Å²) in [6, 6.07) is 20.8. The van der Waals surface area contributed by atoms with Crippen molar-refractivity contribution >= 4 is 35.3 Å². The molecule has 3 amide bonds. The zero-order chi connectivity index (χ0) is 24.3. The topological polar surface area (TPSA) is 118 Å². The van der Waals surface area contributed by atoms with Crippen LogP contribution >= 0.6 is 0 Å². The molecule has 0 saturated heterocycles. The smallest absolute Gasteiger partial charge is 0.329 e. The lowest BCUT2D eigenvalue weighted by Crippen LogP contribution is -2.32. The summed E-state index contributed by atoms with van der Waals surface area (Å²) < 4.78 is 10.6. The number of methoxy groups -OCH3 is 1. The number of ether oxygens (including phenoxy) is 2. The fourth-order valence-corrected chi connectivity index (χ4v) is 2.86. The number of aryl methyl sites for hydroxylation is 1. The molecular weight excluding hydrogens is 436 g/mol. The van der Waals surface area contributed by atoms with E-state index in [-0.39, 0.29) is 12.5 Å². The Bertz CT molecular complexity index is 1210. The molecule has 34 heavy (non-hydrogen) atoms. The minimum atomic E-state index is -0.903.